The Bertz CT molecular complexity index is 591. The molecule has 6 heteroatoms. The fourth-order valence-corrected chi connectivity index (χ4v) is 3.30. The second kappa shape index (κ2) is 7.39. The number of rotatable bonds is 7. The number of sulfonamides is 1. The van der Waals surface area contributed by atoms with E-state index in [0.29, 0.717) is 24.1 Å². The van der Waals surface area contributed by atoms with Crippen molar-refractivity contribution in [3.63, 3.8) is 0 Å². The molecule has 1 unspecified atom stereocenters. The number of nitrogens with zero attached hydrogens (tertiary/aromatic N) is 1. The fourth-order valence-electron chi connectivity index (χ4n) is 1.96. The SMILES string of the molecule is CCC(CCO)CNS(=O)(=O)c1ccc(C#N)cc1C. The molecule has 5 nitrogen and oxygen atoms in total. The summed E-state index contributed by atoms with van der Waals surface area (Å²) in [4.78, 5) is 0.190. The van der Waals surface area contributed by atoms with Gasteiger partial charge in [-0.1, -0.05) is 13.3 Å². The molecule has 0 aliphatic heterocycles. The van der Waals surface area contributed by atoms with Crippen molar-refractivity contribution in [1.82, 2.24) is 4.72 Å². The van der Waals surface area contributed by atoms with E-state index in [1.165, 1.54) is 12.1 Å². The van der Waals surface area contributed by atoms with Crippen molar-refractivity contribution in [3.8, 4) is 6.07 Å². The van der Waals surface area contributed by atoms with Crippen LogP contribution in [-0.2, 0) is 10.0 Å². The zero-order valence-corrected chi connectivity index (χ0v) is 12.6. The summed E-state index contributed by atoms with van der Waals surface area (Å²) in [6, 6.07) is 6.47. The first-order valence-electron chi connectivity index (χ1n) is 6.55. The molecule has 1 aromatic rings. The quantitative estimate of drug-likeness (QED) is 0.799. The normalized spacial score (nSPS) is 12.9. The van der Waals surface area contributed by atoms with Gasteiger partial charge in [-0.15, -0.1) is 0 Å². The smallest absolute Gasteiger partial charge is 0.240 e. The zero-order chi connectivity index (χ0) is 15.2. The highest BCUT2D eigenvalue weighted by Crippen LogP contribution is 2.17. The minimum absolute atomic E-state index is 0.0517. The third-order valence-electron chi connectivity index (χ3n) is 3.27. The van der Waals surface area contributed by atoms with Crippen LogP contribution in [0.3, 0.4) is 0 Å². The van der Waals surface area contributed by atoms with Crippen LogP contribution in [-0.4, -0.2) is 26.7 Å². The Balaban J connectivity index is 2.87. The van der Waals surface area contributed by atoms with E-state index in [0.717, 1.165) is 6.42 Å². The molecular formula is C14H20N2O3S. The summed E-state index contributed by atoms with van der Waals surface area (Å²) in [5, 5.41) is 17.7. The Labute approximate surface area is 120 Å². The first kappa shape index (κ1) is 16.6. The summed E-state index contributed by atoms with van der Waals surface area (Å²) in [5.41, 5.74) is 0.986. The number of aryl methyl sites for hydroxylation is 1. The van der Waals surface area contributed by atoms with Crippen LogP contribution in [0, 0.1) is 24.2 Å². The molecule has 110 valence electrons. The molecule has 20 heavy (non-hydrogen) atoms. The molecule has 0 fully saturated rings. The lowest BCUT2D eigenvalue weighted by atomic mass is 10.0. The Morgan fingerprint density at radius 2 is 2.15 bits per heavy atom. The summed E-state index contributed by atoms with van der Waals surface area (Å²) >= 11 is 0. The van der Waals surface area contributed by atoms with Crippen LogP contribution < -0.4 is 4.72 Å². The van der Waals surface area contributed by atoms with Gasteiger partial charge in [-0.3, -0.25) is 0 Å². The minimum atomic E-state index is -3.58. The van der Waals surface area contributed by atoms with E-state index in [1.807, 2.05) is 13.0 Å². The Hall–Kier alpha value is -1.42. The van der Waals surface area contributed by atoms with Crippen LogP contribution >= 0.6 is 0 Å². The van der Waals surface area contributed by atoms with E-state index in [2.05, 4.69) is 4.72 Å². The first-order valence-corrected chi connectivity index (χ1v) is 8.04. The van der Waals surface area contributed by atoms with Gasteiger partial charge in [0.2, 0.25) is 10.0 Å². The molecule has 0 amide bonds. The summed E-state index contributed by atoms with van der Waals surface area (Å²) < 4.78 is 27.0. The average molecular weight is 296 g/mol. The number of nitriles is 1. The second-order valence-corrected chi connectivity index (χ2v) is 6.47. The molecule has 2 N–H and O–H groups in total. The van der Waals surface area contributed by atoms with Gasteiger partial charge in [0, 0.05) is 13.2 Å². The molecule has 1 aromatic carbocycles. The van der Waals surface area contributed by atoms with Gasteiger partial charge >= 0.3 is 0 Å². The van der Waals surface area contributed by atoms with Gasteiger partial charge in [-0.05, 0) is 43.0 Å². The van der Waals surface area contributed by atoms with Crippen LogP contribution in [0.5, 0.6) is 0 Å². The van der Waals surface area contributed by atoms with E-state index in [4.69, 9.17) is 10.4 Å². The van der Waals surface area contributed by atoms with Crippen LogP contribution in [0.25, 0.3) is 0 Å². The van der Waals surface area contributed by atoms with Crippen molar-refractivity contribution in [1.29, 1.82) is 5.26 Å². The second-order valence-electron chi connectivity index (χ2n) is 4.73. The van der Waals surface area contributed by atoms with Crippen LogP contribution in [0.1, 0.15) is 30.9 Å². The van der Waals surface area contributed by atoms with Gasteiger partial charge < -0.3 is 5.11 Å². The molecule has 0 heterocycles. The topological polar surface area (TPSA) is 90.2 Å². The molecule has 0 radical (unpaired) electrons. The van der Waals surface area contributed by atoms with Gasteiger partial charge in [-0.25, -0.2) is 13.1 Å². The highest BCUT2D eigenvalue weighted by Gasteiger charge is 2.18. The van der Waals surface area contributed by atoms with Crippen LogP contribution in [0.15, 0.2) is 23.1 Å². The predicted molar refractivity (Wildman–Crippen MR) is 76.6 cm³/mol. The highest BCUT2D eigenvalue weighted by atomic mass is 32.2. The molecular weight excluding hydrogens is 276 g/mol. The van der Waals surface area contributed by atoms with Crippen molar-refractivity contribution >= 4 is 10.0 Å². The van der Waals surface area contributed by atoms with Crippen LogP contribution in [0.2, 0.25) is 0 Å². The van der Waals surface area contributed by atoms with Gasteiger partial charge in [0.25, 0.3) is 0 Å². The first-order chi connectivity index (χ1) is 9.44. The van der Waals surface area contributed by atoms with Gasteiger partial charge in [0.15, 0.2) is 0 Å². The standard InChI is InChI=1S/C14H20N2O3S/c1-3-12(6-7-17)10-16-20(18,19)14-5-4-13(9-15)8-11(14)2/h4-5,8,12,16-17H,3,6-7,10H2,1-2H3. The van der Waals surface area contributed by atoms with Gasteiger partial charge in [0.1, 0.15) is 0 Å². The van der Waals surface area contributed by atoms with Crippen molar-refractivity contribution in [2.24, 2.45) is 5.92 Å². The molecule has 0 aliphatic carbocycles. The molecule has 0 aliphatic rings. The van der Waals surface area contributed by atoms with Crippen molar-refractivity contribution in [2.45, 2.75) is 31.6 Å². The third kappa shape index (κ3) is 4.30. The minimum Gasteiger partial charge on any atom is -0.396 e. The molecule has 0 saturated carbocycles. The molecule has 0 saturated heterocycles. The van der Waals surface area contributed by atoms with E-state index in [1.54, 1.807) is 13.0 Å². The molecule has 0 spiro atoms. The number of aliphatic hydroxyl groups excluding tert-OH is 1. The lowest BCUT2D eigenvalue weighted by molar-refractivity contribution is 0.254. The maximum atomic E-state index is 12.2. The number of nitrogens with one attached hydrogen (secondary N) is 1. The number of hydrogen-bond donors (Lipinski definition) is 2. The van der Waals surface area contributed by atoms with E-state index in [9.17, 15) is 8.42 Å². The summed E-state index contributed by atoms with van der Waals surface area (Å²) in [6.07, 6.45) is 1.38. The third-order valence-corrected chi connectivity index (χ3v) is 4.85. The van der Waals surface area contributed by atoms with E-state index >= 15 is 0 Å². The number of aliphatic hydroxyl groups is 1. The highest BCUT2D eigenvalue weighted by molar-refractivity contribution is 7.89. The lowest BCUT2D eigenvalue weighted by Crippen LogP contribution is -2.30. The molecule has 0 aromatic heterocycles. The maximum absolute atomic E-state index is 12.2. The van der Waals surface area contributed by atoms with E-state index in [-0.39, 0.29) is 17.4 Å². The largest absolute Gasteiger partial charge is 0.396 e. The molecule has 1 atom stereocenters. The van der Waals surface area contributed by atoms with Gasteiger partial charge in [0.05, 0.1) is 16.5 Å². The maximum Gasteiger partial charge on any atom is 0.240 e. The Morgan fingerprint density at radius 1 is 1.45 bits per heavy atom. The Morgan fingerprint density at radius 3 is 2.65 bits per heavy atom. The fraction of sp³-hybridized carbons (Fsp3) is 0.500. The summed E-state index contributed by atoms with van der Waals surface area (Å²) in [6.45, 7) is 3.98. The van der Waals surface area contributed by atoms with Crippen LogP contribution in [0.4, 0.5) is 0 Å². The predicted octanol–water partition coefficient (Wildman–Crippen LogP) is 1.55. The summed E-state index contributed by atoms with van der Waals surface area (Å²) in [5.74, 6) is 0.119. The lowest BCUT2D eigenvalue weighted by Gasteiger charge is -2.15. The van der Waals surface area contributed by atoms with Crippen molar-refractivity contribution < 1.29 is 13.5 Å². The average Bonchev–Trinajstić information content (AvgIpc) is 2.42. The molecule has 0 bridgehead atoms. The van der Waals surface area contributed by atoms with Gasteiger partial charge in [-0.2, -0.15) is 5.26 Å². The molecule has 1 rings (SSSR count). The Kier molecular flexibility index (Phi) is 6.14. The van der Waals surface area contributed by atoms with Crippen molar-refractivity contribution in [3.05, 3.63) is 29.3 Å². The monoisotopic (exact) mass is 296 g/mol. The zero-order valence-electron chi connectivity index (χ0n) is 11.8. The number of benzene rings is 1. The van der Waals surface area contributed by atoms with E-state index < -0.39 is 10.0 Å². The van der Waals surface area contributed by atoms with Crippen molar-refractivity contribution in [2.75, 3.05) is 13.2 Å². The number of hydrogen-bond acceptors (Lipinski definition) is 4. The summed E-state index contributed by atoms with van der Waals surface area (Å²) in [7, 11) is -3.58.